The Morgan fingerprint density at radius 2 is 1.88 bits per heavy atom. The molecule has 0 amide bonds. The van der Waals surface area contributed by atoms with Crippen LogP contribution in [0.4, 0.5) is 0 Å². The number of esters is 1. The lowest BCUT2D eigenvalue weighted by molar-refractivity contribution is -0.139. The summed E-state index contributed by atoms with van der Waals surface area (Å²) in [4.78, 5) is 13.2. The van der Waals surface area contributed by atoms with E-state index in [-0.39, 0.29) is 11.9 Å². The molecule has 0 aromatic rings. The predicted octanol–water partition coefficient (Wildman–Crippen LogP) is 4.93. The van der Waals surface area contributed by atoms with E-state index in [2.05, 4.69) is 22.9 Å². The first-order valence-electron chi connectivity index (χ1n) is 6.79. The summed E-state index contributed by atoms with van der Waals surface area (Å²) in [6.07, 6.45) is 10.8. The average molecular weight is 303 g/mol. The maximum absolute atomic E-state index is 11.5. The summed E-state index contributed by atoms with van der Waals surface area (Å²) in [5.41, 5.74) is 0. The van der Waals surface area contributed by atoms with E-state index in [0.29, 0.717) is 0 Å². The lowest BCUT2D eigenvalue weighted by atomic mass is 9.98. The van der Waals surface area contributed by atoms with E-state index in [4.69, 9.17) is 4.74 Å². The van der Waals surface area contributed by atoms with Gasteiger partial charge in [-0.05, 0) is 6.42 Å². The van der Waals surface area contributed by atoms with E-state index in [1.807, 2.05) is 0 Å². The van der Waals surface area contributed by atoms with Crippen molar-refractivity contribution in [2.24, 2.45) is 5.92 Å². The highest BCUT2D eigenvalue weighted by Gasteiger charge is 2.29. The van der Waals surface area contributed by atoms with Gasteiger partial charge in [0.25, 0.3) is 0 Å². The topological polar surface area (TPSA) is 26.3 Å². The van der Waals surface area contributed by atoms with Crippen molar-refractivity contribution < 1.29 is 9.53 Å². The van der Waals surface area contributed by atoms with Crippen LogP contribution in [0.3, 0.4) is 0 Å². The van der Waals surface area contributed by atoms with Crippen LogP contribution in [0.2, 0.25) is 0 Å². The van der Waals surface area contributed by atoms with Crippen LogP contribution in [-0.4, -0.2) is 5.97 Å². The Morgan fingerprint density at radius 3 is 2.47 bits per heavy atom. The van der Waals surface area contributed by atoms with Gasteiger partial charge in [0.2, 0.25) is 0 Å². The minimum absolute atomic E-state index is 0.0401. The Kier molecular flexibility index (Phi) is 7.58. The van der Waals surface area contributed by atoms with Crippen molar-refractivity contribution in [3.63, 3.8) is 0 Å². The van der Waals surface area contributed by atoms with Gasteiger partial charge in [-0.15, -0.1) is 0 Å². The number of carbonyl (C=O) groups excluding carboxylic acids is 1. The molecule has 1 saturated heterocycles. The molecule has 0 radical (unpaired) electrons. The highest BCUT2D eigenvalue weighted by Crippen LogP contribution is 2.29. The number of cyclic esters (lactones) is 1. The molecule has 1 heterocycles. The van der Waals surface area contributed by atoms with Crippen LogP contribution in [0.1, 0.15) is 64.7 Å². The van der Waals surface area contributed by atoms with Crippen molar-refractivity contribution in [2.45, 2.75) is 64.7 Å². The molecule has 0 N–H and O–H groups in total. The van der Waals surface area contributed by atoms with E-state index in [1.165, 1.54) is 38.5 Å². The van der Waals surface area contributed by atoms with Gasteiger partial charge in [0.05, 0.1) is 5.92 Å². The van der Waals surface area contributed by atoms with Gasteiger partial charge in [-0.25, -0.2) is 0 Å². The van der Waals surface area contributed by atoms with Gasteiger partial charge in [0, 0.05) is 11.4 Å². The van der Waals surface area contributed by atoms with Crippen LogP contribution >= 0.6 is 15.9 Å². The third kappa shape index (κ3) is 5.71. The number of allylic oxidation sites excluding steroid dienone is 1. The van der Waals surface area contributed by atoms with E-state index in [0.717, 1.165) is 25.0 Å². The first kappa shape index (κ1) is 14.7. The third-order valence-electron chi connectivity index (χ3n) is 3.29. The average Bonchev–Trinajstić information content (AvgIpc) is 2.69. The molecule has 1 fully saturated rings. The summed E-state index contributed by atoms with van der Waals surface area (Å²) in [6, 6.07) is 0. The summed E-state index contributed by atoms with van der Waals surface area (Å²) in [6.45, 7) is 2.24. The van der Waals surface area contributed by atoms with Crippen LogP contribution in [0.25, 0.3) is 0 Å². The molecule has 0 saturated carbocycles. The quantitative estimate of drug-likeness (QED) is 0.469. The largest absolute Gasteiger partial charge is 0.430 e. The van der Waals surface area contributed by atoms with Gasteiger partial charge in [-0.1, -0.05) is 67.8 Å². The lowest BCUT2D eigenvalue weighted by Crippen LogP contribution is -2.06. The maximum Gasteiger partial charge on any atom is 0.314 e. The van der Waals surface area contributed by atoms with Crippen LogP contribution in [0.15, 0.2) is 10.7 Å². The third-order valence-corrected chi connectivity index (χ3v) is 3.80. The zero-order chi connectivity index (χ0) is 12.5. The Balaban J connectivity index is 2.01. The second kappa shape index (κ2) is 8.73. The number of hydrogen-bond donors (Lipinski definition) is 0. The summed E-state index contributed by atoms with van der Waals surface area (Å²) in [5.74, 6) is 0.846. The van der Waals surface area contributed by atoms with Crippen molar-refractivity contribution in [3.05, 3.63) is 10.7 Å². The van der Waals surface area contributed by atoms with Crippen molar-refractivity contribution in [3.8, 4) is 0 Å². The fraction of sp³-hybridized carbons (Fsp3) is 0.786. The van der Waals surface area contributed by atoms with E-state index in [9.17, 15) is 4.79 Å². The minimum Gasteiger partial charge on any atom is -0.430 e. The van der Waals surface area contributed by atoms with Gasteiger partial charge < -0.3 is 4.74 Å². The lowest BCUT2D eigenvalue weighted by Gasteiger charge is -2.04. The predicted molar refractivity (Wildman–Crippen MR) is 73.8 cm³/mol. The minimum atomic E-state index is -0.0401. The first-order chi connectivity index (χ1) is 8.27. The number of rotatable bonds is 8. The van der Waals surface area contributed by atoms with E-state index in [1.54, 1.807) is 4.99 Å². The monoisotopic (exact) mass is 302 g/mol. The Morgan fingerprint density at radius 1 is 1.24 bits per heavy atom. The molecule has 0 unspecified atom stereocenters. The van der Waals surface area contributed by atoms with Crippen molar-refractivity contribution >= 4 is 21.9 Å². The summed E-state index contributed by atoms with van der Waals surface area (Å²) in [7, 11) is 0. The second-order valence-electron chi connectivity index (χ2n) is 4.81. The molecule has 0 aliphatic carbocycles. The molecule has 1 rings (SSSR count). The first-order valence-corrected chi connectivity index (χ1v) is 7.70. The Labute approximate surface area is 113 Å². The van der Waals surface area contributed by atoms with Crippen LogP contribution < -0.4 is 0 Å². The number of unbranched alkanes of at least 4 members (excludes halogenated alkanes) is 6. The summed E-state index contributed by atoms with van der Waals surface area (Å²) in [5, 5.41) is 0. The molecule has 1 atom stereocenters. The summed E-state index contributed by atoms with van der Waals surface area (Å²) >= 11 is 3.21. The van der Waals surface area contributed by atoms with Gasteiger partial charge in [0.15, 0.2) is 0 Å². The van der Waals surface area contributed by atoms with E-state index >= 15 is 0 Å². The maximum atomic E-state index is 11.5. The fourth-order valence-electron chi connectivity index (χ4n) is 2.21. The highest BCUT2D eigenvalue weighted by atomic mass is 79.9. The molecule has 3 heteroatoms. The molecule has 0 aromatic heterocycles. The van der Waals surface area contributed by atoms with Gasteiger partial charge in [-0.2, -0.15) is 0 Å². The highest BCUT2D eigenvalue weighted by molar-refractivity contribution is 9.11. The summed E-state index contributed by atoms with van der Waals surface area (Å²) < 4.78 is 5.11. The van der Waals surface area contributed by atoms with Crippen molar-refractivity contribution in [1.82, 2.24) is 0 Å². The van der Waals surface area contributed by atoms with Gasteiger partial charge in [0.1, 0.15) is 5.76 Å². The molecule has 2 nitrogen and oxygen atoms in total. The zero-order valence-electron chi connectivity index (χ0n) is 10.7. The molecule has 0 aromatic carbocycles. The molecular weight excluding hydrogens is 280 g/mol. The van der Waals surface area contributed by atoms with E-state index < -0.39 is 0 Å². The molecule has 17 heavy (non-hydrogen) atoms. The van der Waals surface area contributed by atoms with Crippen LogP contribution in [0, 0.1) is 5.92 Å². The van der Waals surface area contributed by atoms with Gasteiger partial charge in [-0.3, -0.25) is 4.79 Å². The Bertz CT molecular complexity index is 261. The number of hydrogen-bond acceptors (Lipinski definition) is 2. The molecule has 98 valence electrons. The normalized spacial score (nSPS) is 22.1. The standard InChI is InChI=1S/C14H23BrO2/c1-2-3-4-5-6-7-8-9-12-10-13(11-15)17-14(12)16/h11-12H,2-10H2,1H3/b13-11+/t12-/m1/s1. The molecule has 1 aliphatic heterocycles. The number of carbonyl (C=O) groups is 1. The van der Waals surface area contributed by atoms with Crippen LogP contribution in [-0.2, 0) is 9.53 Å². The SMILES string of the molecule is CCCCCCCCC[C@@H]1C/C(=C\Br)OC1=O. The smallest absolute Gasteiger partial charge is 0.314 e. The molecule has 1 aliphatic rings. The molecular formula is C14H23BrO2. The zero-order valence-corrected chi connectivity index (χ0v) is 12.3. The van der Waals surface area contributed by atoms with Crippen molar-refractivity contribution in [1.29, 1.82) is 0 Å². The number of halogens is 1. The second-order valence-corrected chi connectivity index (χ2v) is 5.27. The Hall–Kier alpha value is -0.310. The van der Waals surface area contributed by atoms with Gasteiger partial charge >= 0.3 is 5.97 Å². The van der Waals surface area contributed by atoms with Crippen molar-refractivity contribution in [2.75, 3.05) is 0 Å². The number of ether oxygens (including phenoxy) is 1. The molecule has 0 spiro atoms. The molecule has 0 bridgehead atoms. The fourth-order valence-corrected chi connectivity index (χ4v) is 2.50. The van der Waals surface area contributed by atoms with Crippen LogP contribution in [0.5, 0.6) is 0 Å².